The zero-order valence-corrected chi connectivity index (χ0v) is 11.8. The third-order valence-corrected chi connectivity index (χ3v) is 3.18. The van der Waals surface area contributed by atoms with Crippen molar-refractivity contribution >= 4 is 11.9 Å². The molecule has 1 unspecified atom stereocenters. The summed E-state index contributed by atoms with van der Waals surface area (Å²) in [6.07, 6.45) is 0.580. The molecule has 1 aliphatic rings. The van der Waals surface area contributed by atoms with Gasteiger partial charge < -0.3 is 20.9 Å². The minimum absolute atomic E-state index is 0.124. The van der Waals surface area contributed by atoms with Crippen molar-refractivity contribution in [2.45, 2.75) is 32.0 Å². The molecule has 0 spiro atoms. The van der Waals surface area contributed by atoms with Crippen molar-refractivity contribution in [3.63, 3.8) is 0 Å². The lowest BCUT2D eigenvalue weighted by atomic mass is 9.90. The highest BCUT2D eigenvalue weighted by molar-refractivity contribution is 6.02. The van der Waals surface area contributed by atoms with Gasteiger partial charge in [0.15, 0.2) is 5.96 Å². The van der Waals surface area contributed by atoms with Crippen LogP contribution in [0.15, 0.2) is 23.2 Å². The molecule has 1 aromatic rings. The molecule has 6 nitrogen and oxygen atoms in total. The van der Waals surface area contributed by atoms with E-state index in [9.17, 15) is 4.79 Å². The van der Waals surface area contributed by atoms with Crippen molar-refractivity contribution in [3.8, 4) is 5.75 Å². The van der Waals surface area contributed by atoms with Gasteiger partial charge in [-0.1, -0.05) is 0 Å². The Morgan fingerprint density at radius 3 is 2.75 bits per heavy atom. The van der Waals surface area contributed by atoms with Crippen molar-refractivity contribution in [2.75, 3.05) is 7.11 Å². The zero-order valence-electron chi connectivity index (χ0n) is 11.8. The molecule has 0 aliphatic carbocycles. The molecular formula is C14H19N3O3. The maximum Gasteiger partial charge on any atom is 0.280 e. The largest absolute Gasteiger partial charge is 0.487 e. The fourth-order valence-electron chi connectivity index (χ4n) is 2.31. The highest BCUT2D eigenvalue weighted by Gasteiger charge is 2.34. The Morgan fingerprint density at radius 1 is 1.45 bits per heavy atom. The number of aliphatic imine (C=N–C) groups is 1. The summed E-state index contributed by atoms with van der Waals surface area (Å²) < 4.78 is 11.4. The second kappa shape index (κ2) is 5.13. The predicted molar refractivity (Wildman–Crippen MR) is 75.7 cm³/mol. The van der Waals surface area contributed by atoms with Crippen LogP contribution in [0.5, 0.6) is 5.75 Å². The van der Waals surface area contributed by atoms with Gasteiger partial charge in [0.1, 0.15) is 11.4 Å². The first kappa shape index (κ1) is 14.3. The van der Waals surface area contributed by atoms with Crippen LogP contribution in [-0.4, -0.2) is 24.6 Å². The number of methoxy groups -OCH3 is 1. The molecule has 0 saturated carbocycles. The molecule has 2 rings (SSSR count). The van der Waals surface area contributed by atoms with Gasteiger partial charge in [-0.05, 0) is 32.0 Å². The average Bonchev–Trinajstić information content (AvgIpc) is 2.35. The lowest BCUT2D eigenvalue weighted by molar-refractivity contribution is -0.0108. The molecule has 20 heavy (non-hydrogen) atoms. The average molecular weight is 277 g/mol. The number of carbonyl (C=O) groups is 1. The Labute approximate surface area is 117 Å². The van der Waals surface area contributed by atoms with Crippen LogP contribution in [0.4, 0.5) is 0 Å². The Balaban J connectivity index is 2.40. The van der Waals surface area contributed by atoms with E-state index in [1.165, 1.54) is 0 Å². The summed E-state index contributed by atoms with van der Waals surface area (Å²) in [5.74, 6) is -0.0183. The van der Waals surface area contributed by atoms with Gasteiger partial charge in [-0.2, -0.15) is 4.99 Å². The molecule has 108 valence electrons. The molecule has 0 bridgehead atoms. The topological polar surface area (TPSA) is 99.9 Å². The van der Waals surface area contributed by atoms with E-state index in [0.29, 0.717) is 17.7 Å². The second-order valence-corrected chi connectivity index (χ2v) is 5.38. The van der Waals surface area contributed by atoms with E-state index in [1.54, 1.807) is 25.3 Å². The first-order valence-corrected chi connectivity index (χ1v) is 6.32. The molecule has 1 heterocycles. The second-order valence-electron chi connectivity index (χ2n) is 5.38. The fraction of sp³-hybridized carbons (Fsp3) is 0.429. The predicted octanol–water partition coefficient (Wildman–Crippen LogP) is 1.35. The van der Waals surface area contributed by atoms with E-state index in [4.69, 9.17) is 20.9 Å². The van der Waals surface area contributed by atoms with Gasteiger partial charge in [-0.3, -0.25) is 4.79 Å². The van der Waals surface area contributed by atoms with Crippen LogP contribution in [0.25, 0.3) is 0 Å². The molecule has 0 aromatic heterocycles. The molecule has 0 saturated heterocycles. The first-order chi connectivity index (χ1) is 9.32. The molecule has 1 amide bonds. The van der Waals surface area contributed by atoms with Crippen molar-refractivity contribution in [1.29, 1.82) is 0 Å². The number of benzene rings is 1. The van der Waals surface area contributed by atoms with E-state index >= 15 is 0 Å². The van der Waals surface area contributed by atoms with Crippen molar-refractivity contribution < 1.29 is 14.3 Å². The molecule has 4 N–H and O–H groups in total. The minimum atomic E-state index is -0.479. The Hall–Kier alpha value is -2.08. The SMILES string of the molecule is COC1CC(C)(C)Oc2ccc(C(=O)N=C(N)N)cc21. The molecule has 0 fully saturated rings. The van der Waals surface area contributed by atoms with Gasteiger partial charge in [0.25, 0.3) is 5.91 Å². The highest BCUT2D eigenvalue weighted by Crippen LogP contribution is 2.41. The number of guanidine groups is 1. The Morgan fingerprint density at radius 2 is 2.15 bits per heavy atom. The summed E-state index contributed by atoms with van der Waals surface area (Å²) in [4.78, 5) is 15.4. The lowest BCUT2D eigenvalue weighted by Crippen LogP contribution is -2.35. The zero-order chi connectivity index (χ0) is 14.9. The Kier molecular flexibility index (Phi) is 3.67. The summed E-state index contributed by atoms with van der Waals surface area (Å²) in [6, 6.07) is 5.10. The molecular weight excluding hydrogens is 258 g/mol. The number of rotatable bonds is 2. The number of carbonyl (C=O) groups excluding carboxylic acids is 1. The van der Waals surface area contributed by atoms with Gasteiger partial charge in [0, 0.05) is 24.7 Å². The number of fused-ring (bicyclic) bond motifs is 1. The maximum absolute atomic E-state index is 11.8. The summed E-state index contributed by atoms with van der Waals surface area (Å²) in [5.41, 5.74) is 11.4. The van der Waals surface area contributed by atoms with Gasteiger partial charge in [0.2, 0.25) is 0 Å². The standard InChI is InChI=1S/C14H19N3O3/c1-14(2)7-11(19-3)9-6-8(4-5-10(9)20-14)12(18)17-13(15)16/h4-6,11H,7H2,1-3H3,(H4,15,16,17,18). The van der Waals surface area contributed by atoms with Gasteiger partial charge in [0.05, 0.1) is 6.10 Å². The smallest absolute Gasteiger partial charge is 0.280 e. The van der Waals surface area contributed by atoms with E-state index < -0.39 is 5.91 Å². The number of ether oxygens (including phenoxy) is 2. The number of nitrogens with zero attached hydrogens (tertiary/aromatic N) is 1. The Bertz CT molecular complexity index is 563. The van der Waals surface area contributed by atoms with Gasteiger partial charge in [-0.15, -0.1) is 0 Å². The van der Waals surface area contributed by atoms with Crippen LogP contribution in [0.3, 0.4) is 0 Å². The van der Waals surface area contributed by atoms with E-state index in [-0.39, 0.29) is 17.7 Å². The number of amides is 1. The third-order valence-electron chi connectivity index (χ3n) is 3.18. The van der Waals surface area contributed by atoms with Gasteiger partial charge >= 0.3 is 0 Å². The van der Waals surface area contributed by atoms with E-state index in [0.717, 1.165) is 5.56 Å². The fourth-order valence-corrected chi connectivity index (χ4v) is 2.31. The number of hydrogen-bond donors (Lipinski definition) is 2. The summed E-state index contributed by atoms with van der Waals surface area (Å²) in [6.45, 7) is 4.00. The van der Waals surface area contributed by atoms with Gasteiger partial charge in [-0.25, -0.2) is 0 Å². The third kappa shape index (κ3) is 2.91. The van der Waals surface area contributed by atoms with Crippen LogP contribution in [-0.2, 0) is 4.74 Å². The number of hydrogen-bond acceptors (Lipinski definition) is 3. The van der Waals surface area contributed by atoms with Crippen molar-refractivity contribution in [2.24, 2.45) is 16.5 Å². The molecule has 0 radical (unpaired) electrons. The van der Waals surface area contributed by atoms with Crippen LogP contribution < -0.4 is 16.2 Å². The van der Waals surface area contributed by atoms with Crippen LogP contribution in [0, 0.1) is 0 Å². The van der Waals surface area contributed by atoms with Crippen molar-refractivity contribution in [3.05, 3.63) is 29.3 Å². The van der Waals surface area contributed by atoms with Crippen LogP contribution in [0.1, 0.15) is 42.3 Å². The van der Waals surface area contributed by atoms with Crippen LogP contribution >= 0.6 is 0 Å². The molecule has 1 atom stereocenters. The van der Waals surface area contributed by atoms with Crippen molar-refractivity contribution in [1.82, 2.24) is 0 Å². The van der Waals surface area contributed by atoms with E-state index in [1.807, 2.05) is 13.8 Å². The summed E-state index contributed by atoms with van der Waals surface area (Å²) >= 11 is 0. The first-order valence-electron chi connectivity index (χ1n) is 6.32. The summed E-state index contributed by atoms with van der Waals surface area (Å²) in [7, 11) is 1.64. The van der Waals surface area contributed by atoms with E-state index in [2.05, 4.69) is 4.99 Å². The highest BCUT2D eigenvalue weighted by atomic mass is 16.5. The minimum Gasteiger partial charge on any atom is -0.487 e. The molecule has 1 aromatic carbocycles. The monoisotopic (exact) mass is 277 g/mol. The summed E-state index contributed by atoms with van der Waals surface area (Å²) in [5, 5.41) is 0. The molecule has 1 aliphatic heterocycles. The number of nitrogens with two attached hydrogens (primary N) is 2. The van der Waals surface area contributed by atoms with Crippen LogP contribution in [0.2, 0.25) is 0 Å². The maximum atomic E-state index is 11.8. The normalized spacial score (nSPS) is 19.6. The molecule has 6 heteroatoms. The quantitative estimate of drug-likeness (QED) is 0.628. The lowest BCUT2D eigenvalue weighted by Gasteiger charge is -2.37.